The summed E-state index contributed by atoms with van der Waals surface area (Å²) in [6.07, 6.45) is 2.67. The maximum atomic E-state index is 14.1. The van der Waals surface area contributed by atoms with Gasteiger partial charge in [-0.2, -0.15) is 0 Å². The van der Waals surface area contributed by atoms with E-state index in [1.165, 1.54) is 6.07 Å². The van der Waals surface area contributed by atoms with E-state index in [-0.39, 0.29) is 5.82 Å². The first-order valence-electron chi connectivity index (χ1n) is 9.20. The Hall–Kier alpha value is -3.18. The van der Waals surface area contributed by atoms with Crippen molar-refractivity contribution in [1.29, 1.82) is 0 Å². The molecule has 1 N–H and O–H groups in total. The van der Waals surface area contributed by atoms with Crippen LogP contribution in [-0.2, 0) is 13.0 Å². The maximum Gasteiger partial charge on any atom is 0.176 e. The molecule has 0 saturated heterocycles. The minimum absolute atomic E-state index is 0.308. The lowest BCUT2D eigenvalue weighted by atomic mass is 10.1. The third-order valence-electron chi connectivity index (χ3n) is 4.61. The molecule has 4 rings (SSSR count). The standard InChI is InChI=1S/C23H21FN2O2/c1-27-22-13-16(15-25-11-9-18-6-4-5-10-26-18)12-17-14-21(28-23(17)22)19-7-2-3-8-20(19)24/h2-8,10,12-14,25H,9,11,15H2,1H3. The van der Waals surface area contributed by atoms with Crippen LogP contribution in [0.3, 0.4) is 0 Å². The largest absolute Gasteiger partial charge is 0.493 e. The fourth-order valence-electron chi connectivity index (χ4n) is 3.22. The van der Waals surface area contributed by atoms with Gasteiger partial charge < -0.3 is 14.5 Å². The first-order chi connectivity index (χ1) is 13.7. The monoisotopic (exact) mass is 376 g/mol. The summed E-state index contributed by atoms with van der Waals surface area (Å²) in [6, 6.07) is 18.4. The van der Waals surface area contributed by atoms with Crippen molar-refractivity contribution < 1.29 is 13.5 Å². The molecule has 5 heteroatoms. The van der Waals surface area contributed by atoms with Crippen LogP contribution >= 0.6 is 0 Å². The molecule has 2 heterocycles. The smallest absolute Gasteiger partial charge is 0.176 e. The molecule has 0 spiro atoms. The molecule has 2 aromatic carbocycles. The van der Waals surface area contributed by atoms with Gasteiger partial charge in [0.25, 0.3) is 0 Å². The molecule has 2 aromatic heterocycles. The number of ether oxygens (including phenoxy) is 1. The highest BCUT2D eigenvalue weighted by Gasteiger charge is 2.14. The molecule has 4 nitrogen and oxygen atoms in total. The van der Waals surface area contributed by atoms with Gasteiger partial charge in [-0.1, -0.05) is 18.2 Å². The molecule has 0 unspecified atom stereocenters. The van der Waals surface area contributed by atoms with E-state index >= 15 is 0 Å². The van der Waals surface area contributed by atoms with Gasteiger partial charge in [0.2, 0.25) is 0 Å². The number of benzene rings is 2. The number of rotatable bonds is 7. The number of methoxy groups -OCH3 is 1. The molecule has 0 amide bonds. The summed E-state index contributed by atoms with van der Waals surface area (Å²) in [5, 5.41) is 4.32. The van der Waals surface area contributed by atoms with Crippen LogP contribution in [0, 0.1) is 5.82 Å². The highest BCUT2D eigenvalue weighted by molar-refractivity contribution is 5.88. The SMILES string of the molecule is COc1cc(CNCCc2ccccn2)cc2cc(-c3ccccc3F)oc12. The molecule has 28 heavy (non-hydrogen) atoms. The lowest BCUT2D eigenvalue weighted by molar-refractivity contribution is 0.410. The molecule has 142 valence electrons. The highest BCUT2D eigenvalue weighted by Crippen LogP contribution is 2.35. The minimum Gasteiger partial charge on any atom is -0.493 e. The van der Waals surface area contributed by atoms with Crippen LogP contribution in [0.2, 0.25) is 0 Å². The molecule has 4 aromatic rings. The molecule has 0 aliphatic heterocycles. The summed E-state index contributed by atoms with van der Waals surface area (Å²) in [6.45, 7) is 1.52. The second-order valence-electron chi connectivity index (χ2n) is 6.55. The van der Waals surface area contributed by atoms with E-state index < -0.39 is 0 Å². The van der Waals surface area contributed by atoms with Crippen LogP contribution in [0.4, 0.5) is 4.39 Å². The second-order valence-corrected chi connectivity index (χ2v) is 6.55. The molecule has 0 saturated carbocycles. The van der Waals surface area contributed by atoms with Crippen LogP contribution in [-0.4, -0.2) is 18.6 Å². The van der Waals surface area contributed by atoms with Gasteiger partial charge >= 0.3 is 0 Å². The number of hydrogen-bond donors (Lipinski definition) is 1. The number of hydrogen-bond acceptors (Lipinski definition) is 4. The number of fused-ring (bicyclic) bond motifs is 1. The zero-order valence-corrected chi connectivity index (χ0v) is 15.6. The summed E-state index contributed by atoms with van der Waals surface area (Å²) in [5.41, 5.74) is 3.20. The van der Waals surface area contributed by atoms with Crippen molar-refractivity contribution in [2.45, 2.75) is 13.0 Å². The van der Waals surface area contributed by atoms with E-state index in [0.717, 1.165) is 29.6 Å². The van der Waals surface area contributed by atoms with Gasteiger partial charge in [-0.15, -0.1) is 0 Å². The summed E-state index contributed by atoms with van der Waals surface area (Å²) in [5.74, 6) is 0.824. The van der Waals surface area contributed by atoms with E-state index in [9.17, 15) is 4.39 Å². The lowest BCUT2D eigenvalue weighted by Crippen LogP contribution is -2.17. The van der Waals surface area contributed by atoms with Crippen LogP contribution in [0.5, 0.6) is 5.75 Å². The van der Waals surface area contributed by atoms with Gasteiger partial charge in [-0.25, -0.2) is 4.39 Å². The van der Waals surface area contributed by atoms with Gasteiger partial charge in [-0.3, -0.25) is 4.98 Å². The number of aromatic nitrogens is 1. The van der Waals surface area contributed by atoms with Gasteiger partial charge in [0.1, 0.15) is 11.6 Å². The van der Waals surface area contributed by atoms with E-state index in [1.54, 1.807) is 31.5 Å². The van der Waals surface area contributed by atoms with E-state index in [0.29, 0.717) is 29.2 Å². The summed E-state index contributed by atoms with van der Waals surface area (Å²) < 4.78 is 25.5. The van der Waals surface area contributed by atoms with Crippen LogP contribution in [0.15, 0.2) is 71.3 Å². The Labute approximate surface area is 163 Å². The van der Waals surface area contributed by atoms with Crippen LogP contribution in [0.25, 0.3) is 22.3 Å². The normalized spacial score (nSPS) is 11.1. The van der Waals surface area contributed by atoms with Crippen molar-refractivity contribution in [3.05, 3.63) is 83.9 Å². The molecular weight excluding hydrogens is 355 g/mol. The van der Waals surface area contributed by atoms with Crippen molar-refractivity contribution in [2.24, 2.45) is 0 Å². The zero-order chi connectivity index (χ0) is 19.3. The predicted molar refractivity (Wildman–Crippen MR) is 108 cm³/mol. The molecule has 0 atom stereocenters. The Kier molecular flexibility index (Phi) is 5.35. The van der Waals surface area contributed by atoms with Gasteiger partial charge in [0.05, 0.1) is 12.7 Å². The van der Waals surface area contributed by atoms with Crippen molar-refractivity contribution >= 4 is 11.0 Å². The predicted octanol–water partition coefficient (Wildman–Crippen LogP) is 4.97. The van der Waals surface area contributed by atoms with Crippen LogP contribution in [0.1, 0.15) is 11.3 Å². The molecule has 0 aliphatic rings. The zero-order valence-electron chi connectivity index (χ0n) is 15.6. The average molecular weight is 376 g/mol. The summed E-state index contributed by atoms with van der Waals surface area (Å²) in [4.78, 5) is 4.33. The Morgan fingerprint density at radius 2 is 1.93 bits per heavy atom. The number of nitrogens with zero attached hydrogens (tertiary/aromatic N) is 1. The van der Waals surface area contributed by atoms with Crippen molar-refractivity contribution in [3.8, 4) is 17.1 Å². The van der Waals surface area contributed by atoms with Gasteiger partial charge in [0.15, 0.2) is 11.3 Å². The molecule has 0 bridgehead atoms. The van der Waals surface area contributed by atoms with E-state index in [1.807, 2.05) is 36.4 Å². The lowest BCUT2D eigenvalue weighted by Gasteiger charge is -2.07. The van der Waals surface area contributed by atoms with Crippen molar-refractivity contribution in [2.75, 3.05) is 13.7 Å². The number of furan rings is 1. The Bertz CT molecular complexity index is 1080. The highest BCUT2D eigenvalue weighted by atomic mass is 19.1. The first kappa shape index (κ1) is 18.2. The molecular formula is C23H21FN2O2. The summed E-state index contributed by atoms with van der Waals surface area (Å²) in [7, 11) is 1.61. The topological polar surface area (TPSA) is 47.3 Å². The van der Waals surface area contributed by atoms with Gasteiger partial charge in [-0.05, 0) is 48.0 Å². The first-order valence-corrected chi connectivity index (χ1v) is 9.20. The molecule has 0 fully saturated rings. The third-order valence-corrected chi connectivity index (χ3v) is 4.61. The molecule has 0 aliphatic carbocycles. The Morgan fingerprint density at radius 1 is 1.07 bits per heavy atom. The quantitative estimate of drug-likeness (QED) is 0.463. The Morgan fingerprint density at radius 3 is 2.71 bits per heavy atom. The van der Waals surface area contributed by atoms with Crippen molar-refractivity contribution in [3.63, 3.8) is 0 Å². The van der Waals surface area contributed by atoms with E-state index in [4.69, 9.17) is 9.15 Å². The fraction of sp³-hybridized carbons (Fsp3) is 0.174. The average Bonchev–Trinajstić information content (AvgIpc) is 3.15. The number of nitrogens with one attached hydrogen (secondary N) is 1. The maximum absolute atomic E-state index is 14.1. The summed E-state index contributed by atoms with van der Waals surface area (Å²) >= 11 is 0. The Balaban J connectivity index is 1.52. The third kappa shape index (κ3) is 3.89. The van der Waals surface area contributed by atoms with E-state index in [2.05, 4.69) is 10.3 Å². The fourth-order valence-corrected chi connectivity index (χ4v) is 3.22. The number of halogens is 1. The minimum atomic E-state index is -0.308. The van der Waals surface area contributed by atoms with Crippen LogP contribution < -0.4 is 10.1 Å². The number of pyridine rings is 1. The second kappa shape index (κ2) is 8.23. The van der Waals surface area contributed by atoms with Crippen molar-refractivity contribution in [1.82, 2.24) is 10.3 Å². The van der Waals surface area contributed by atoms with Gasteiger partial charge in [0, 0.05) is 36.8 Å². The molecule has 0 radical (unpaired) electrons.